The lowest BCUT2D eigenvalue weighted by Crippen LogP contribution is -2.47. The summed E-state index contributed by atoms with van der Waals surface area (Å²) in [4.78, 5) is 19.4. The van der Waals surface area contributed by atoms with Crippen molar-refractivity contribution in [3.8, 4) is 12.1 Å². The molecule has 2 aromatic heterocycles. The number of nitrogens with zero attached hydrogens (tertiary/aromatic N) is 8. The molecule has 0 unspecified atom stereocenters. The Morgan fingerprint density at radius 1 is 0.964 bits per heavy atom. The Hall–Kier alpha value is -3.59. The van der Waals surface area contributed by atoms with Gasteiger partial charge in [0.15, 0.2) is 11.6 Å². The van der Waals surface area contributed by atoms with Crippen molar-refractivity contribution in [2.75, 3.05) is 59.7 Å². The highest BCUT2D eigenvalue weighted by molar-refractivity contribution is 5.76. The van der Waals surface area contributed by atoms with E-state index in [0.29, 0.717) is 43.3 Å². The van der Waals surface area contributed by atoms with Crippen LogP contribution in [-0.2, 0) is 0 Å². The molecule has 0 saturated carbocycles. The van der Waals surface area contributed by atoms with Crippen LogP contribution >= 0.6 is 0 Å². The molecule has 1 saturated heterocycles. The van der Waals surface area contributed by atoms with E-state index in [1.807, 2.05) is 23.1 Å². The maximum absolute atomic E-state index is 8.91. The Kier molecular flexibility index (Phi) is 6.42. The fraction of sp³-hybridized carbons (Fsp3) is 0.421. The van der Waals surface area contributed by atoms with Gasteiger partial charge in [0, 0.05) is 45.5 Å². The zero-order valence-electron chi connectivity index (χ0n) is 15.7. The van der Waals surface area contributed by atoms with Crippen molar-refractivity contribution in [3.05, 3.63) is 30.7 Å². The smallest absolute Gasteiger partial charge is 0.157 e. The maximum atomic E-state index is 8.91. The summed E-state index contributed by atoms with van der Waals surface area (Å²) in [6.45, 7) is 4.14. The number of nitrogen functional groups attached to an aromatic ring is 1. The van der Waals surface area contributed by atoms with E-state index in [1.165, 1.54) is 6.33 Å². The molecule has 28 heavy (non-hydrogen) atoms. The first-order valence-electron chi connectivity index (χ1n) is 9.25. The molecule has 1 fully saturated rings. The van der Waals surface area contributed by atoms with Crippen LogP contribution < -0.4 is 20.4 Å². The van der Waals surface area contributed by atoms with E-state index in [1.54, 1.807) is 6.20 Å². The number of nitriles is 2. The fourth-order valence-corrected chi connectivity index (χ4v) is 3.26. The van der Waals surface area contributed by atoms with Crippen molar-refractivity contribution in [2.45, 2.75) is 12.8 Å². The fourth-order valence-electron chi connectivity index (χ4n) is 3.26. The van der Waals surface area contributed by atoms with Gasteiger partial charge in [-0.25, -0.2) is 15.0 Å². The van der Waals surface area contributed by atoms with Gasteiger partial charge in [-0.2, -0.15) is 10.5 Å². The van der Waals surface area contributed by atoms with Gasteiger partial charge in [0.2, 0.25) is 0 Å². The highest BCUT2D eigenvalue weighted by atomic mass is 15.3. The summed E-state index contributed by atoms with van der Waals surface area (Å²) in [5.41, 5.74) is 6.89. The molecule has 1 aliphatic heterocycles. The molecule has 0 spiro atoms. The highest BCUT2D eigenvalue weighted by Crippen LogP contribution is 2.30. The average Bonchev–Trinajstić information content (AvgIpc) is 2.75. The molecule has 2 N–H and O–H groups in total. The number of nitrogens with two attached hydrogens (primary N) is 1. The van der Waals surface area contributed by atoms with Crippen molar-refractivity contribution in [1.29, 1.82) is 10.5 Å². The van der Waals surface area contributed by atoms with Crippen molar-refractivity contribution in [1.82, 2.24) is 15.0 Å². The summed E-state index contributed by atoms with van der Waals surface area (Å²) in [6.07, 6.45) is 3.98. The SMILES string of the molecule is N#CCCN(CCC#N)c1ncnc(N2CCN(c3ccccn3)CC2)c1N. The molecule has 3 heterocycles. The summed E-state index contributed by atoms with van der Waals surface area (Å²) in [7, 11) is 0. The van der Waals surface area contributed by atoms with E-state index in [0.717, 1.165) is 32.0 Å². The molecule has 0 atom stereocenters. The second-order valence-corrected chi connectivity index (χ2v) is 6.40. The van der Waals surface area contributed by atoms with Gasteiger partial charge in [0.25, 0.3) is 0 Å². The van der Waals surface area contributed by atoms with Gasteiger partial charge < -0.3 is 20.4 Å². The minimum absolute atomic E-state index is 0.340. The average molecular weight is 377 g/mol. The molecule has 3 rings (SSSR count). The first kappa shape index (κ1) is 19.2. The van der Waals surface area contributed by atoms with Crippen LogP contribution in [0.1, 0.15) is 12.8 Å². The predicted molar refractivity (Wildman–Crippen MR) is 108 cm³/mol. The molecule has 2 aromatic rings. The zero-order chi connectivity index (χ0) is 19.8. The molecule has 1 aliphatic rings. The number of hydrogen-bond donors (Lipinski definition) is 1. The molecule has 0 aliphatic carbocycles. The van der Waals surface area contributed by atoms with Gasteiger partial charge in [0.1, 0.15) is 17.8 Å². The number of anilines is 4. The standard InChI is InChI=1S/C19H23N9/c20-6-3-9-27(10-4-7-21)18-17(22)19(25-15-24-18)28-13-11-26(12-14-28)16-5-1-2-8-23-16/h1-2,5,8,15H,3-4,9-14,22H2. The van der Waals surface area contributed by atoms with E-state index < -0.39 is 0 Å². The normalized spacial score (nSPS) is 13.6. The Labute approximate surface area is 164 Å². The van der Waals surface area contributed by atoms with Crippen LogP contribution in [0.2, 0.25) is 0 Å². The lowest BCUT2D eigenvalue weighted by Gasteiger charge is -2.36. The second kappa shape index (κ2) is 9.38. The van der Waals surface area contributed by atoms with Gasteiger partial charge in [-0.1, -0.05) is 6.07 Å². The third kappa shape index (κ3) is 4.38. The molecule has 0 aromatic carbocycles. The number of pyridine rings is 1. The van der Waals surface area contributed by atoms with E-state index in [4.69, 9.17) is 16.3 Å². The quantitative estimate of drug-likeness (QED) is 0.763. The second-order valence-electron chi connectivity index (χ2n) is 6.40. The molecule has 144 valence electrons. The van der Waals surface area contributed by atoms with Crippen molar-refractivity contribution < 1.29 is 0 Å². The topological polar surface area (TPSA) is 122 Å². The van der Waals surface area contributed by atoms with E-state index in [-0.39, 0.29) is 0 Å². The molecule has 9 nitrogen and oxygen atoms in total. The Bertz CT molecular complexity index is 830. The van der Waals surface area contributed by atoms with Gasteiger partial charge in [-0.05, 0) is 12.1 Å². The van der Waals surface area contributed by atoms with E-state index in [2.05, 4.69) is 36.9 Å². The third-order valence-corrected chi connectivity index (χ3v) is 4.68. The Morgan fingerprint density at radius 2 is 1.64 bits per heavy atom. The molecule has 9 heteroatoms. The molecule has 0 bridgehead atoms. The third-order valence-electron chi connectivity index (χ3n) is 4.68. The van der Waals surface area contributed by atoms with Crippen LogP contribution in [0, 0.1) is 22.7 Å². The summed E-state index contributed by atoms with van der Waals surface area (Å²) in [5, 5.41) is 17.8. The summed E-state index contributed by atoms with van der Waals surface area (Å²) in [5.74, 6) is 2.25. The van der Waals surface area contributed by atoms with Crippen molar-refractivity contribution in [2.24, 2.45) is 0 Å². The molecular weight excluding hydrogens is 354 g/mol. The van der Waals surface area contributed by atoms with Crippen LogP contribution in [0.15, 0.2) is 30.7 Å². The molecule has 0 amide bonds. The van der Waals surface area contributed by atoms with E-state index >= 15 is 0 Å². The number of hydrogen-bond acceptors (Lipinski definition) is 9. The summed E-state index contributed by atoms with van der Waals surface area (Å²) in [6, 6.07) is 10.2. The van der Waals surface area contributed by atoms with Gasteiger partial charge in [-0.15, -0.1) is 0 Å². The predicted octanol–water partition coefficient (Wildman–Crippen LogP) is 1.41. The van der Waals surface area contributed by atoms with Crippen LogP contribution in [0.4, 0.5) is 23.1 Å². The minimum Gasteiger partial charge on any atom is -0.393 e. The maximum Gasteiger partial charge on any atom is 0.157 e. The van der Waals surface area contributed by atoms with Crippen LogP contribution in [0.3, 0.4) is 0 Å². The van der Waals surface area contributed by atoms with Crippen LogP contribution in [-0.4, -0.2) is 54.2 Å². The first-order valence-corrected chi connectivity index (χ1v) is 9.25. The van der Waals surface area contributed by atoms with Gasteiger partial charge in [0.05, 0.1) is 25.0 Å². The minimum atomic E-state index is 0.340. The largest absolute Gasteiger partial charge is 0.393 e. The monoisotopic (exact) mass is 377 g/mol. The lowest BCUT2D eigenvalue weighted by molar-refractivity contribution is 0.641. The van der Waals surface area contributed by atoms with Crippen molar-refractivity contribution in [3.63, 3.8) is 0 Å². The van der Waals surface area contributed by atoms with Crippen molar-refractivity contribution >= 4 is 23.1 Å². The van der Waals surface area contributed by atoms with Crippen LogP contribution in [0.25, 0.3) is 0 Å². The Morgan fingerprint density at radius 3 is 2.25 bits per heavy atom. The Balaban J connectivity index is 1.74. The lowest BCUT2D eigenvalue weighted by atomic mass is 10.2. The highest BCUT2D eigenvalue weighted by Gasteiger charge is 2.23. The number of piperazine rings is 1. The number of aromatic nitrogens is 3. The van der Waals surface area contributed by atoms with Gasteiger partial charge in [-0.3, -0.25) is 0 Å². The molecule has 0 radical (unpaired) electrons. The van der Waals surface area contributed by atoms with Gasteiger partial charge >= 0.3 is 0 Å². The first-order chi connectivity index (χ1) is 13.7. The van der Waals surface area contributed by atoms with Crippen LogP contribution in [0.5, 0.6) is 0 Å². The number of rotatable bonds is 7. The summed E-state index contributed by atoms with van der Waals surface area (Å²) >= 11 is 0. The molecular formula is C19H23N9. The van der Waals surface area contributed by atoms with E-state index in [9.17, 15) is 0 Å². The summed E-state index contributed by atoms with van der Waals surface area (Å²) < 4.78 is 0. The zero-order valence-corrected chi connectivity index (χ0v) is 15.7.